The van der Waals surface area contributed by atoms with Gasteiger partial charge in [0.1, 0.15) is 9.75 Å². The normalized spacial score (nSPS) is 10.2. The predicted octanol–water partition coefficient (Wildman–Crippen LogP) is 3.87. The van der Waals surface area contributed by atoms with Crippen LogP contribution in [-0.4, -0.2) is 47.9 Å². The van der Waals surface area contributed by atoms with E-state index in [-0.39, 0.29) is 21.3 Å². The van der Waals surface area contributed by atoms with Gasteiger partial charge in [0.2, 0.25) is 0 Å². The number of thiophene rings is 2. The molecule has 0 aromatic carbocycles. The molecule has 0 saturated heterocycles. The monoisotopic (exact) mass is 457 g/mol. The molecular weight excluding hydrogens is 438 g/mol. The Bertz CT molecular complexity index is 978. The third-order valence-corrected chi connectivity index (χ3v) is 5.14. The standard InChI is InChI=1S/C10H12N2O4S.C7H7NO4S/c1-11(2)5-4-8-7(12(14)15)6-9(17-8)10(13)16-3;1-4-6(8(10)11)3-7(13-4)12-5(2)9/h4-6H,1-3H3;3H,1-2H3/b5-4+;. The van der Waals surface area contributed by atoms with E-state index in [4.69, 9.17) is 4.74 Å². The minimum Gasteiger partial charge on any atom is -0.465 e. The summed E-state index contributed by atoms with van der Waals surface area (Å²) in [4.78, 5) is 44.9. The van der Waals surface area contributed by atoms with Gasteiger partial charge in [-0.15, -0.1) is 11.3 Å². The van der Waals surface area contributed by atoms with E-state index in [0.29, 0.717) is 9.75 Å². The first kappa shape index (κ1) is 24.7. The summed E-state index contributed by atoms with van der Waals surface area (Å²) in [5, 5.41) is 21.5. The quantitative estimate of drug-likeness (QED) is 0.359. The van der Waals surface area contributed by atoms with Crippen LogP contribution in [0.1, 0.15) is 26.3 Å². The molecule has 2 rings (SSSR count). The van der Waals surface area contributed by atoms with Crippen molar-refractivity contribution < 1.29 is 28.9 Å². The summed E-state index contributed by atoms with van der Waals surface area (Å²) in [7, 11) is 4.84. The van der Waals surface area contributed by atoms with Crippen LogP contribution in [0.25, 0.3) is 6.08 Å². The average molecular weight is 457 g/mol. The van der Waals surface area contributed by atoms with Gasteiger partial charge in [-0.25, -0.2) is 4.79 Å². The minimum absolute atomic E-state index is 0.0127. The van der Waals surface area contributed by atoms with Crippen molar-refractivity contribution >= 4 is 52.1 Å². The third-order valence-electron chi connectivity index (χ3n) is 3.16. The molecule has 0 fully saturated rings. The highest BCUT2D eigenvalue weighted by Gasteiger charge is 2.21. The smallest absolute Gasteiger partial charge is 0.348 e. The SMILES string of the molecule is CC(=O)Oc1cc([N+](=O)[O-])c(C)s1.COC(=O)c1cc([N+](=O)[O-])c(/C=C/N(C)C)s1. The first-order valence-corrected chi connectivity index (χ1v) is 9.74. The number of nitrogens with zero attached hydrogens (tertiary/aromatic N) is 3. The fourth-order valence-corrected chi connectivity index (χ4v) is 3.71. The second-order valence-corrected chi connectivity index (χ2v) is 8.05. The number of methoxy groups -OCH3 is 1. The topological polar surface area (TPSA) is 142 Å². The Kier molecular flexibility index (Phi) is 9.08. The highest BCUT2D eigenvalue weighted by atomic mass is 32.1. The number of carbonyl (C=O) groups is 2. The zero-order valence-electron chi connectivity index (χ0n) is 16.7. The van der Waals surface area contributed by atoms with E-state index < -0.39 is 21.8 Å². The van der Waals surface area contributed by atoms with Crippen molar-refractivity contribution in [1.29, 1.82) is 0 Å². The average Bonchev–Trinajstić information content (AvgIpc) is 3.23. The van der Waals surface area contributed by atoms with Gasteiger partial charge < -0.3 is 14.4 Å². The highest BCUT2D eigenvalue weighted by molar-refractivity contribution is 7.15. The number of carbonyl (C=O) groups excluding carboxylic acids is 2. The zero-order valence-corrected chi connectivity index (χ0v) is 18.4. The van der Waals surface area contributed by atoms with Crippen molar-refractivity contribution in [2.75, 3.05) is 21.2 Å². The van der Waals surface area contributed by atoms with E-state index in [9.17, 15) is 29.8 Å². The Balaban J connectivity index is 0.000000311. The second kappa shape index (κ2) is 11.0. The number of hydrogen-bond acceptors (Lipinski definition) is 11. The van der Waals surface area contributed by atoms with Gasteiger partial charge in [-0.05, 0) is 13.0 Å². The predicted molar refractivity (Wildman–Crippen MR) is 112 cm³/mol. The Morgan fingerprint density at radius 3 is 2.13 bits per heavy atom. The molecule has 2 heterocycles. The Morgan fingerprint density at radius 2 is 1.70 bits per heavy atom. The number of rotatable bonds is 6. The van der Waals surface area contributed by atoms with Crippen LogP contribution in [-0.2, 0) is 9.53 Å². The van der Waals surface area contributed by atoms with E-state index in [1.165, 1.54) is 26.2 Å². The van der Waals surface area contributed by atoms with Crippen LogP contribution >= 0.6 is 22.7 Å². The number of aryl methyl sites for hydroxylation is 1. The maximum atomic E-state index is 11.3. The molecule has 11 nitrogen and oxygen atoms in total. The molecule has 0 atom stereocenters. The molecule has 162 valence electrons. The van der Waals surface area contributed by atoms with Gasteiger partial charge in [-0.1, -0.05) is 11.3 Å². The van der Waals surface area contributed by atoms with E-state index in [2.05, 4.69) is 4.74 Å². The lowest BCUT2D eigenvalue weighted by atomic mass is 10.3. The van der Waals surface area contributed by atoms with E-state index in [0.717, 1.165) is 22.7 Å². The first-order chi connectivity index (χ1) is 14.0. The van der Waals surface area contributed by atoms with Gasteiger partial charge in [0.15, 0.2) is 5.06 Å². The minimum atomic E-state index is -0.567. The van der Waals surface area contributed by atoms with Crippen LogP contribution in [0, 0.1) is 27.2 Å². The summed E-state index contributed by atoms with van der Waals surface area (Å²) in [6.07, 6.45) is 3.27. The molecule has 0 unspecified atom stereocenters. The van der Waals surface area contributed by atoms with Gasteiger partial charge in [-0.3, -0.25) is 25.0 Å². The molecule has 13 heteroatoms. The molecule has 2 aromatic rings. The van der Waals surface area contributed by atoms with Crippen LogP contribution in [0.15, 0.2) is 18.3 Å². The molecule has 0 aliphatic rings. The third kappa shape index (κ3) is 7.25. The van der Waals surface area contributed by atoms with Crippen molar-refractivity contribution in [3.8, 4) is 5.06 Å². The van der Waals surface area contributed by atoms with Crippen molar-refractivity contribution in [1.82, 2.24) is 4.90 Å². The molecule has 0 saturated carbocycles. The maximum Gasteiger partial charge on any atom is 0.348 e. The van der Waals surface area contributed by atoms with E-state index in [1.54, 1.807) is 38.2 Å². The molecule has 0 radical (unpaired) electrons. The molecule has 0 amide bonds. The largest absolute Gasteiger partial charge is 0.465 e. The summed E-state index contributed by atoms with van der Waals surface area (Å²) in [5.74, 6) is -1.04. The zero-order chi connectivity index (χ0) is 23.0. The van der Waals surface area contributed by atoms with Crippen LogP contribution in [0.5, 0.6) is 5.06 Å². The molecular formula is C17H19N3O8S2. The Morgan fingerprint density at radius 1 is 1.10 bits per heavy atom. The first-order valence-electron chi connectivity index (χ1n) is 8.10. The molecule has 30 heavy (non-hydrogen) atoms. The highest BCUT2D eigenvalue weighted by Crippen LogP contribution is 2.34. The number of ether oxygens (including phenoxy) is 2. The molecule has 0 aliphatic carbocycles. The summed E-state index contributed by atoms with van der Waals surface area (Å²) in [5.41, 5.74) is -0.102. The molecule has 0 bridgehead atoms. The molecule has 0 spiro atoms. The van der Waals surface area contributed by atoms with E-state index >= 15 is 0 Å². The fourth-order valence-electron chi connectivity index (χ4n) is 1.89. The Hall–Kier alpha value is -3.32. The van der Waals surface area contributed by atoms with Crippen LogP contribution in [0.3, 0.4) is 0 Å². The summed E-state index contributed by atoms with van der Waals surface area (Å²) < 4.78 is 9.23. The molecule has 0 aliphatic heterocycles. The second-order valence-electron chi connectivity index (χ2n) is 5.75. The summed E-state index contributed by atoms with van der Waals surface area (Å²) in [6.45, 7) is 2.86. The molecule has 2 aromatic heterocycles. The fraction of sp³-hybridized carbons (Fsp3) is 0.294. The van der Waals surface area contributed by atoms with Gasteiger partial charge in [-0.2, -0.15) is 0 Å². The van der Waals surface area contributed by atoms with Gasteiger partial charge in [0, 0.05) is 33.3 Å². The van der Waals surface area contributed by atoms with Crippen molar-refractivity contribution in [3.63, 3.8) is 0 Å². The van der Waals surface area contributed by atoms with E-state index in [1.807, 2.05) is 0 Å². The van der Waals surface area contributed by atoms with Gasteiger partial charge in [0.05, 0.1) is 27.9 Å². The number of nitro groups is 2. The lowest BCUT2D eigenvalue weighted by Crippen LogP contribution is -1.99. The van der Waals surface area contributed by atoms with Crippen LogP contribution in [0.4, 0.5) is 11.4 Å². The van der Waals surface area contributed by atoms with Crippen molar-refractivity contribution in [3.05, 3.63) is 53.2 Å². The summed E-state index contributed by atoms with van der Waals surface area (Å²) in [6, 6.07) is 2.48. The maximum absolute atomic E-state index is 11.3. The number of hydrogen-bond donors (Lipinski definition) is 0. The Labute approximate surface area is 179 Å². The van der Waals surface area contributed by atoms with Gasteiger partial charge >= 0.3 is 11.9 Å². The van der Waals surface area contributed by atoms with Crippen LogP contribution in [0.2, 0.25) is 0 Å². The molecule has 0 N–H and O–H groups in total. The lowest BCUT2D eigenvalue weighted by molar-refractivity contribution is -0.385. The number of esters is 2. The van der Waals surface area contributed by atoms with Gasteiger partial charge in [0.25, 0.3) is 11.4 Å². The lowest BCUT2D eigenvalue weighted by Gasteiger charge is -2.01. The summed E-state index contributed by atoms with van der Waals surface area (Å²) >= 11 is 2.12. The van der Waals surface area contributed by atoms with Crippen molar-refractivity contribution in [2.24, 2.45) is 0 Å². The van der Waals surface area contributed by atoms with Crippen LogP contribution < -0.4 is 4.74 Å². The van der Waals surface area contributed by atoms with Crippen molar-refractivity contribution in [2.45, 2.75) is 13.8 Å².